The predicted molar refractivity (Wildman–Crippen MR) is 82.6 cm³/mol. The van der Waals surface area contributed by atoms with Crippen LogP contribution in [-0.2, 0) is 0 Å². The number of likely N-dealkylation sites (tertiary alicyclic amines) is 1. The van der Waals surface area contributed by atoms with E-state index in [1.807, 2.05) is 12.1 Å². The number of hydrogen-bond acceptors (Lipinski definition) is 3. The van der Waals surface area contributed by atoms with Crippen molar-refractivity contribution in [2.75, 3.05) is 32.1 Å². The molecule has 19 heavy (non-hydrogen) atoms. The average Bonchev–Trinajstić information content (AvgIpc) is 2.42. The summed E-state index contributed by atoms with van der Waals surface area (Å²) in [6.45, 7) is 2.86. The van der Waals surface area contributed by atoms with Crippen LogP contribution in [0.2, 0.25) is 0 Å². The van der Waals surface area contributed by atoms with Crippen LogP contribution in [0.25, 0.3) is 0 Å². The molecule has 0 saturated carbocycles. The molecule has 1 aromatic rings. The molecule has 102 valence electrons. The number of benzene rings is 1. The summed E-state index contributed by atoms with van der Waals surface area (Å²) in [5.41, 5.74) is 1.05. The molecule has 1 saturated heterocycles. The number of rotatable bonds is 4. The summed E-state index contributed by atoms with van der Waals surface area (Å²) in [6, 6.07) is 6.50. The number of nitrogens with one attached hydrogen (secondary N) is 1. The normalized spacial score (nSPS) is 16.9. The van der Waals surface area contributed by atoms with E-state index in [-0.39, 0.29) is 0 Å². The van der Waals surface area contributed by atoms with Crippen LogP contribution < -0.4 is 10.1 Å². The Kier molecular flexibility index (Phi) is 5.12. The SMILES string of the molecule is C#CCN1CCC(Nc2cc(Br)ccc2OC)CC1. The Hall–Kier alpha value is -1.18. The summed E-state index contributed by atoms with van der Waals surface area (Å²) >= 11 is 3.49. The largest absolute Gasteiger partial charge is 0.495 e. The Morgan fingerprint density at radius 3 is 2.84 bits per heavy atom. The molecule has 1 fully saturated rings. The Bertz CT molecular complexity index is 462. The lowest BCUT2D eigenvalue weighted by Gasteiger charge is -2.32. The van der Waals surface area contributed by atoms with Gasteiger partial charge in [-0.05, 0) is 31.0 Å². The van der Waals surface area contributed by atoms with Crippen molar-refractivity contribution in [2.24, 2.45) is 0 Å². The van der Waals surface area contributed by atoms with E-state index in [1.165, 1.54) is 0 Å². The van der Waals surface area contributed by atoms with Crippen molar-refractivity contribution in [2.45, 2.75) is 18.9 Å². The van der Waals surface area contributed by atoms with Crippen LogP contribution >= 0.6 is 15.9 Å². The Balaban J connectivity index is 1.95. The zero-order chi connectivity index (χ0) is 13.7. The first-order chi connectivity index (χ1) is 9.22. The third-order valence-electron chi connectivity index (χ3n) is 3.42. The van der Waals surface area contributed by atoms with E-state index in [2.05, 4.69) is 38.1 Å². The lowest BCUT2D eigenvalue weighted by atomic mass is 10.0. The van der Waals surface area contributed by atoms with Crippen molar-refractivity contribution in [1.29, 1.82) is 0 Å². The van der Waals surface area contributed by atoms with Crippen molar-refractivity contribution < 1.29 is 4.74 Å². The van der Waals surface area contributed by atoms with E-state index < -0.39 is 0 Å². The Morgan fingerprint density at radius 1 is 1.47 bits per heavy atom. The minimum Gasteiger partial charge on any atom is -0.495 e. The van der Waals surface area contributed by atoms with Gasteiger partial charge in [-0.3, -0.25) is 4.90 Å². The van der Waals surface area contributed by atoms with Gasteiger partial charge in [0.2, 0.25) is 0 Å². The quantitative estimate of drug-likeness (QED) is 0.862. The fraction of sp³-hybridized carbons (Fsp3) is 0.467. The fourth-order valence-corrected chi connectivity index (χ4v) is 2.74. The molecule has 0 spiro atoms. The molecule has 1 aliphatic rings. The molecule has 0 aliphatic carbocycles. The average molecular weight is 323 g/mol. The first-order valence-electron chi connectivity index (χ1n) is 6.49. The number of halogens is 1. The first-order valence-corrected chi connectivity index (χ1v) is 7.28. The Labute approximate surface area is 123 Å². The molecule has 3 nitrogen and oxygen atoms in total. The Morgan fingerprint density at radius 2 is 2.21 bits per heavy atom. The summed E-state index contributed by atoms with van der Waals surface area (Å²) < 4.78 is 6.44. The molecule has 0 amide bonds. The lowest BCUT2D eigenvalue weighted by Crippen LogP contribution is -2.39. The zero-order valence-electron chi connectivity index (χ0n) is 11.2. The van der Waals surface area contributed by atoms with Gasteiger partial charge in [-0.2, -0.15) is 0 Å². The number of piperidine rings is 1. The molecule has 2 rings (SSSR count). The maximum atomic E-state index is 5.38. The molecule has 1 aromatic carbocycles. The molecule has 1 N–H and O–H groups in total. The number of hydrogen-bond donors (Lipinski definition) is 1. The topological polar surface area (TPSA) is 24.5 Å². The highest BCUT2D eigenvalue weighted by Gasteiger charge is 2.19. The van der Waals surface area contributed by atoms with Gasteiger partial charge in [-0.1, -0.05) is 21.9 Å². The summed E-state index contributed by atoms with van der Waals surface area (Å²) in [5.74, 6) is 3.59. The third-order valence-corrected chi connectivity index (χ3v) is 3.92. The number of methoxy groups -OCH3 is 1. The molecule has 0 bridgehead atoms. The van der Waals surface area contributed by atoms with Crippen molar-refractivity contribution in [1.82, 2.24) is 4.90 Å². The zero-order valence-corrected chi connectivity index (χ0v) is 12.7. The molecule has 0 atom stereocenters. The van der Waals surface area contributed by atoms with Gasteiger partial charge in [-0.25, -0.2) is 0 Å². The molecule has 0 radical (unpaired) electrons. The van der Waals surface area contributed by atoms with Crippen LogP contribution in [-0.4, -0.2) is 37.7 Å². The van der Waals surface area contributed by atoms with Crippen molar-refractivity contribution in [3.05, 3.63) is 22.7 Å². The van der Waals surface area contributed by atoms with Gasteiger partial charge in [0.1, 0.15) is 5.75 Å². The smallest absolute Gasteiger partial charge is 0.142 e. The fourth-order valence-electron chi connectivity index (χ4n) is 2.38. The van der Waals surface area contributed by atoms with Gasteiger partial charge in [0.15, 0.2) is 0 Å². The maximum Gasteiger partial charge on any atom is 0.142 e. The van der Waals surface area contributed by atoms with Gasteiger partial charge in [0.25, 0.3) is 0 Å². The molecule has 1 aliphatic heterocycles. The molecule has 0 aromatic heterocycles. The second-order valence-corrected chi connectivity index (χ2v) is 5.66. The van der Waals surface area contributed by atoms with Crippen LogP contribution in [0, 0.1) is 12.3 Å². The van der Waals surface area contributed by atoms with E-state index in [9.17, 15) is 0 Å². The van der Waals surface area contributed by atoms with Gasteiger partial charge in [0, 0.05) is 23.6 Å². The lowest BCUT2D eigenvalue weighted by molar-refractivity contribution is 0.243. The molecule has 4 heteroatoms. The van der Waals surface area contributed by atoms with Crippen LogP contribution in [0.5, 0.6) is 5.75 Å². The molecule has 0 unspecified atom stereocenters. The maximum absolute atomic E-state index is 5.38. The van der Waals surface area contributed by atoms with Gasteiger partial charge in [-0.15, -0.1) is 6.42 Å². The standard InChI is InChI=1S/C15H19BrN2O/c1-3-8-18-9-6-13(7-10-18)17-14-11-12(16)4-5-15(14)19-2/h1,4-5,11,13,17H,6-10H2,2H3. The van der Waals surface area contributed by atoms with Crippen molar-refractivity contribution in [3.63, 3.8) is 0 Å². The highest BCUT2D eigenvalue weighted by atomic mass is 79.9. The van der Waals surface area contributed by atoms with Gasteiger partial charge >= 0.3 is 0 Å². The van der Waals surface area contributed by atoms with Gasteiger partial charge < -0.3 is 10.1 Å². The van der Waals surface area contributed by atoms with E-state index >= 15 is 0 Å². The monoisotopic (exact) mass is 322 g/mol. The predicted octanol–water partition coefficient (Wildman–Crippen LogP) is 2.97. The number of ether oxygens (including phenoxy) is 1. The number of anilines is 1. The summed E-state index contributed by atoms with van der Waals surface area (Å²) in [6.07, 6.45) is 7.56. The molecular formula is C15H19BrN2O. The summed E-state index contributed by atoms with van der Waals surface area (Å²) in [5, 5.41) is 3.57. The van der Waals surface area contributed by atoms with E-state index in [0.29, 0.717) is 6.04 Å². The summed E-state index contributed by atoms with van der Waals surface area (Å²) in [4.78, 5) is 2.32. The molecular weight excluding hydrogens is 304 g/mol. The van der Waals surface area contributed by atoms with Crippen LogP contribution in [0.15, 0.2) is 22.7 Å². The third kappa shape index (κ3) is 3.89. The van der Waals surface area contributed by atoms with Crippen molar-refractivity contribution in [3.8, 4) is 18.1 Å². The highest BCUT2D eigenvalue weighted by Crippen LogP contribution is 2.29. The minimum absolute atomic E-state index is 0.484. The van der Waals surface area contributed by atoms with E-state index in [4.69, 9.17) is 11.2 Å². The van der Waals surface area contributed by atoms with Crippen LogP contribution in [0.1, 0.15) is 12.8 Å². The second kappa shape index (κ2) is 6.83. The van der Waals surface area contributed by atoms with E-state index in [0.717, 1.165) is 48.4 Å². The highest BCUT2D eigenvalue weighted by molar-refractivity contribution is 9.10. The van der Waals surface area contributed by atoms with Crippen molar-refractivity contribution >= 4 is 21.6 Å². The minimum atomic E-state index is 0.484. The first kappa shape index (κ1) is 14.2. The van der Waals surface area contributed by atoms with Gasteiger partial charge in [0.05, 0.1) is 19.3 Å². The van der Waals surface area contributed by atoms with Crippen LogP contribution in [0.4, 0.5) is 5.69 Å². The molecule has 1 heterocycles. The summed E-state index contributed by atoms with van der Waals surface area (Å²) in [7, 11) is 1.70. The second-order valence-electron chi connectivity index (χ2n) is 4.74. The van der Waals surface area contributed by atoms with Crippen LogP contribution in [0.3, 0.4) is 0 Å². The number of terminal acetylenes is 1. The number of nitrogens with zero attached hydrogens (tertiary/aromatic N) is 1. The van der Waals surface area contributed by atoms with E-state index in [1.54, 1.807) is 7.11 Å².